The quantitative estimate of drug-likeness (QED) is 0.336. The molecule has 40 heavy (non-hydrogen) atoms. The van der Waals surface area contributed by atoms with Crippen LogP contribution in [0.1, 0.15) is 56.4 Å². The van der Waals surface area contributed by atoms with E-state index in [2.05, 4.69) is 20.4 Å². The van der Waals surface area contributed by atoms with Gasteiger partial charge in [0.05, 0.1) is 16.2 Å². The molecule has 0 spiro atoms. The molecule has 5 rings (SSSR count). The van der Waals surface area contributed by atoms with E-state index in [4.69, 9.17) is 4.84 Å². The van der Waals surface area contributed by atoms with Gasteiger partial charge in [0.25, 0.3) is 5.91 Å². The average Bonchev–Trinajstić information content (AvgIpc) is 3.57. The van der Waals surface area contributed by atoms with Crippen molar-refractivity contribution in [3.63, 3.8) is 0 Å². The first-order valence-corrected chi connectivity index (χ1v) is 16.0. The SMILES string of the molecule is CC(=O)N1CCN(Cc2cnc(NC(=O)C(=NO[C@@H]3CC[C@@H](O)C3)c3ccc(S(=O)(=O)C4CC4)cc3)s2)C[C@@H]1C. The lowest BCUT2D eigenvalue weighted by Gasteiger charge is -2.39. The molecule has 1 aromatic heterocycles. The fourth-order valence-electron chi connectivity index (χ4n) is 5.20. The van der Waals surface area contributed by atoms with Crippen molar-refractivity contribution < 1.29 is 28.0 Å². The van der Waals surface area contributed by atoms with Crippen LogP contribution in [0, 0.1) is 0 Å². The second-order valence-corrected chi connectivity index (χ2v) is 14.1. The van der Waals surface area contributed by atoms with Gasteiger partial charge in [0.15, 0.2) is 20.7 Å². The standard InChI is InChI=1S/C27H35N5O6S2/c1-17-15-31(11-12-32(17)18(2)33)16-22-14-28-27(39-22)29-26(35)25(30-38-21-6-5-20(34)13-21)19-3-7-23(8-4-19)40(36,37)24-9-10-24/h3-4,7-8,14,17,20-21,24,34H,5-6,9-13,15-16H2,1-2H3,(H,28,29,35)/t17-,20+,21+/m0/s1. The van der Waals surface area contributed by atoms with E-state index in [1.807, 2.05) is 11.8 Å². The smallest absolute Gasteiger partial charge is 0.280 e. The Labute approximate surface area is 238 Å². The summed E-state index contributed by atoms with van der Waals surface area (Å²) < 4.78 is 25.2. The number of hydrogen-bond donors (Lipinski definition) is 2. The molecule has 0 radical (unpaired) electrons. The van der Waals surface area contributed by atoms with E-state index in [9.17, 15) is 23.1 Å². The first-order chi connectivity index (χ1) is 19.1. The molecule has 2 N–H and O–H groups in total. The minimum absolute atomic E-state index is 0.00249. The topological polar surface area (TPSA) is 142 Å². The van der Waals surface area contributed by atoms with Gasteiger partial charge >= 0.3 is 0 Å². The highest BCUT2D eigenvalue weighted by atomic mass is 32.2. The summed E-state index contributed by atoms with van der Waals surface area (Å²) >= 11 is 1.36. The van der Waals surface area contributed by atoms with E-state index in [0.29, 0.717) is 55.9 Å². The number of carbonyl (C=O) groups is 2. The number of anilines is 1. The van der Waals surface area contributed by atoms with Crippen molar-refractivity contribution in [1.29, 1.82) is 0 Å². The van der Waals surface area contributed by atoms with E-state index in [1.54, 1.807) is 25.3 Å². The fraction of sp³-hybridized carbons (Fsp3) is 0.556. The normalized spacial score (nSPS) is 24.2. The van der Waals surface area contributed by atoms with E-state index < -0.39 is 21.8 Å². The van der Waals surface area contributed by atoms with Gasteiger partial charge in [0, 0.05) is 62.2 Å². The van der Waals surface area contributed by atoms with Crippen LogP contribution in [-0.2, 0) is 30.8 Å². The van der Waals surface area contributed by atoms with Crippen LogP contribution in [0.25, 0.3) is 0 Å². The Bertz CT molecular complexity index is 1370. The zero-order valence-electron chi connectivity index (χ0n) is 22.7. The number of aliphatic hydroxyl groups is 1. The van der Waals surface area contributed by atoms with Crippen molar-refractivity contribution in [1.82, 2.24) is 14.8 Å². The van der Waals surface area contributed by atoms with Gasteiger partial charge in [-0.05, 0) is 44.7 Å². The predicted molar refractivity (Wildman–Crippen MR) is 151 cm³/mol. The maximum absolute atomic E-state index is 13.4. The van der Waals surface area contributed by atoms with Crippen molar-refractivity contribution in [2.75, 3.05) is 25.0 Å². The zero-order chi connectivity index (χ0) is 28.4. The number of thiazole rings is 1. The Kier molecular flexibility index (Phi) is 8.55. The lowest BCUT2D eigenvalue weighted by molar-refractivity contribution is -0.133. The van der Waals surface area contributed by atoms with Gasteiger partial charge in [-0.1, -0.05) is 17.3 Å². The summed E-state index contributed by atoms with van der Waals surface area (Å²) in [6.45, 7) is 6.49. The Morgan fingerprint density at radius 3 is 2.55 bits per heavy atom. The number of aliphatic hydroxyl groups excluding tert-OH is 1. The second-order valence-electron chi connectivity index (χ2n) is 10.8. The molecule has 2 heterocycles. The second kappa shape index (κ2) is 11.9. The highest BCUT2D eigenvalue weighted by Crippen LogP contribution is 2.33. The molecule has 0 bridgehead atoms. The Balaban J connectivity index is 1.27. The van der Waals surface area contributed by atoms with E-state index in [1.165, 1.54) is 23.5 Å². The number of amides is 2. The first-order valence-electron chi connectivity index (χ1n) is 13.6. The van der Waals surface area contributed by atoms with Gasteiger partial charge in [-0.2, -0.15) is 0 Å². The van der Waals surface area contributed by atoms with Gasteiger partial charge in [-0.25, -0.2) is 13.4 Å². The highest BCUT2D eigenvalue weighted by molar-refractivity contribution is 7.92. The van der Waals surface area contributed by atoms with Crippen LogP contribution in [-0.4, -0.2) is 89.0 Å². The summed E-state index contributed by atoms with van der Waals surface area (Å²) in [6.07, 6.45) is 4.00. The zero-order valence-corrected chi connectivity index (χ0v) is 24.3. The van der Waals surface area contributed by atoms with Crippen molar-refractivity contribution in [2.45, 2.75) is 80.9 Å². The van der Waals surface area contributed by atoms with Crippen LogP contribution in [0.15, 0.2) is 40.5 Å². The maximum Gasteiger partial charge on any atom is 0.280 e. The molecule has 1 saturated heterocycles. The summed E-state index contributed by atoms with van der Waals surface area (Å²) in [5.74, 6) is -0.444. The molecule has 11 nitrogen and oxygen atoms in total. The molecular weight excluding hydrogens is 554 g/mol. The van der Waals surface area contributed by atoms with E-state index in [-0.39, 0.29) is 33.9 Å². The van der Waals surface area contributed by atoms with Crippen LogP contribution in [0.3, 0.4) is 0 Å². The number of aromatic nitrogens is 1. The molecule has 13 heteroatoms. The number of oxime groups is 1. The van der Waals surface area contributed by atoms with Crippen LogP contribution in [0.5, 0.6) is 0 Å². The van der Waals surface area contributed by atoms with Crippen LogP contribution in [0.4, 0.5) is 5.13 Å². The summed E-state index contributed by atoms with van der Waals surface area (Å²) in [5.41, 5.74) is 0.419. The van der Waals surface area contributed by atoms with E-state index in [0.717, 1.165) is 18.0 Å². The summed E-state index contributed by atoms with van der Waals surface area (Å²) in [5, 5.41) is 16.9. The Morgan fingerprint density at radius 2 is 1.93 bits per heavy atom. The number of nitrogens with zero attached hydrogens (tertiary/aromatic N) is 4. The number of carbonyl (C=O) groups excluding carboxylic acids is 2. The molecule has 3 aliphatic rings. The molecule has 2 aliphatic carbocycles. The molecule has 2 aromatic rings. The van der Waals surface area contributed by atoms with Gasteiger partial charge in [0.2, 0.25) is 5.91 Å². The highest BCUT2D eigenvalue weighted by Gasteiger charge is 2.37. The van der Waals surface area contributed by atoms with Crippen molar-refractivity contribution in [3.8, 4) is 0 Å². The molecule has 2 saturated carbocycles. The van der Waals surface area contributed by atoms with Crippen molar-refractivity contribution in [3.05, 3.63) is 40.9 Å². The first kappa shape index (κ1) is 28.7. The Morgan fingerprint density at radius 1 is 1.18 bits per heavy atom. The third-order valence-corrected chi connectivity index (χ3v) is 10.7. The Hall–Kier alpha value is -2.87. The number of sulfone groups is 1. The van der Waals surface area contributed by atoms with E-state index >= 15 is 0 Å². The number of rotatable bonds is 9. The largest absolute Gasteiger partial charge is 0.393 e. The molecule has 0 unspecified atom stereocenters. The number of benzene rings is 1. The minimum atomic E-state index is -3.36. The third kappa shape index (κ3) is 6.70. The molecule has 216 valence electrons. The summed E-state index contributed by atoms with van der Waals surface area (Å²) in [4.78, 5) is 40.5. The monoisotopic (exact) mass is 589 g/mol. The van der Waals surface area contributed by atoms with Gasteiger partial charge < -0.3 is 14.8 Å². The number of hydrogen-bond acceptors (Lipinski definition) is 10. The van der Waals surface area contributed by atoms with Crippen molar-refractivity contribution >= 4 is 43.8 Å². The molecule has 3 fully saturated rings. The van der Waals surface area contributed by atoms with Gasteiger partial charge in [0.1, 0.15) is 6.10 Å². The van der Waals surface area contributed by atoms with Crippen LogP contribution in [0.2, 0.25) is 0 Å². The average molecular weight is 590 g/mol. The fourth-order valence-corrected chi connectivity index (χ4v) is 7.71. The van der Waals surface area contributed by atoms with Crippen LogP contribution >= 0.6 is 11.3 Å². The molecule has 3 atom stereocenters. The summed E-state index contributed by atoms with van der Waals surface area (Å²) in [7, 11) is -3.36. The summed E-state index contributed by atoms with van der Waals surface area (Å²) in [6, 6.07) is 6.26. The minimum Gasteiger partial charge on any atom is -0.393 e. The molecular formula is C27H35N5O6S2. The predicted octanol–water partition coefficient (Wildman–Crippen LogP) is 2.40. The lowest BCUT2D eigenvalue weighted by Crippen LogP contribution is -2.52. The van der Waals surface area contributed by atoms with Gasteiger partial charge in [-0.15, -0.1) is 11.3 Å². The molecule has 2 amide bonds. The lowest BCUT2D eigenvalue weighted by atomic mass is 10.1. The number of piperazine rings is 1. The maximum atomic E-state index is 13.4. The van der Waals surface area contributed by atoms with Crippen molar-refractivity contribution in [2.24, 2.45) is 5.16 Å². The van der Waals surface area contributed by atoms with Gasteiger partial charge in [-0.3, -0.25) is 19.8 Å². The third-order valence-electron chi connectivity index (χ3n) is 7.55. The van der Waals surface area contributed by atoms with Crippen LogP contribution < -0.4 is 5.32 Å². The molecule has 1 aliphatic heterocycles. The molecule has 1 aromatic carbocycles. The number of nitrogens with one attached hydrogen (secondary N) is 1.